The van der Waals surface area contributed by atoms with Gasteiger partial charge in [-0.2, -0.15) is 0 Å². The second-order valence-corrected chi connectivity index (χ2v) is 21.6. The molecule has 6 heteroatoms. The molecule has 0 aliphatic carbocycles. The molecule has 0 aromatic rings. The number of rotatable bonds is 54. The summed E-state index contributed by atoms with van der Waals surface area (Å²) in [6.07, 6.45) is 56.7. The van der Waals surface area contributed by atoms with Crippen LogP contribution in [0.2, 0.25) is 0 Å². The maximum atomic E-state index is 12.9. The molecule has 0 aromatic carbocycles. The molecule has 392 valence electrons. The van der Waals surface area contributed by atoms with E-state index in [-0.39, 0.29) is 31.1 Å². The summed E-state index contributed by atoms with van der Waals surface area (Å²) in [6, 6.07) is 0. The highest BCUT2D eigenvalue weighted by atomic mass is 16.6. The van der Waals surface area contributed by atoms with Crippen LogP contribution in [0.25, 0.3) is 0 Å². The van der Waals surface area contributed by atoms with Crippen molar-refractivity contribution in [1.29, 1.82) is 0 Å². The molecule has 66 heavy (non-hydrogen) atoms. The molecular formula is C60H116O6. The van der Waals surface area contributed by atoms with E-state index >= 15 is 0 Å². The molecule has 0 amide bonds. The minimum Gasteiger partial charge on any atom is -0.462 e. The zero-order valence-electron chi connectivity index (χ0n) is 45.3. The van der Waals surface area contributed by atoms with Gasteiger partial charge in [-0.15, -0.1) is 0 Å². The molecule has 0 aromatic heterocycles. The van der Waals surface area contributed by atoms with Gasteiger partial charge in [0.2, 0.25) is 0 Å². The summed E-state index contributed by atoms with van der Waals surface area (Å²) in [5, 5.41) is 0. The Balaban J connectivity index is 4.28. The third kappa shape index (κ3) is 53.4. The molecule has 0 radical (unpaired) electrons. The number of hydrogen-bond donors (Lipinski definition) is 0. The third-order valence-electron chi connectivity index (χ3n) is 13.7. The zero-order chi connectivity index (χ0) is 48.2. The highest BCUT2D eigenvalue weighted by molar-refractivity contribution is 5.71. The van der Waals surface area contributed by atoms with Crippen molar-refractivity contribution < 1.29 is 28.6 Å². The Bertz CT molecular complexity index is 1010. The summed E-state index contributed by atoms with van der Waals surface area (Å²) in [7, 11) is 0. The summed E-state index contributed by atoms with van der Waals surface area (Å²) >= 11 is 0. The minimum absolute atomic E-state index is 0.0625. The molecule has 0 saturated heterocycles. The van der Waals surface area contributed by atoms with E-state index in [9.17, 15) is 14.4 Å². The highest BCUT2D eigenvalue weighted by Crippen LogP contribution is 2.18. The summed E-state index contributed by atoms with van der Waals surface area (Å²) < 4.78 is 16.9. The lowest BCUT2D eigenvalue weighted by molar-refractivity contribution is -0.167. The van der Waals surface area contributed by atoms with Crippen LogP contribution < -0.4 is 0 Å². The van der Waals surface area contributed by atoms with Gasteiger partial charge in [0.25, 0.3) is 0 Å². The van der Waals surface area contributed by atoms with Gasteiger partial charge >= 0.3 is 17.9 Å². The van der Waals surface area contributed by atoms with E-state index in [1.807, 2.05) is 0 Å². The number of carbonyl (C=O) groups excluding carboxylic acids is 3. The number of esters is 3. The molecular weight excluding hydrogens is 817 g/mol. The number of carbonyl (C=O) groups is 3. The van der Waals surface area contributed by atoms with Crippen LogP contribution in [-0.4, -0.2) is 37.2 Å². The summed E-state index contributed by atoms with van der Waals surface area (Å²) in [5.74, 6) is 0.829. The van der Waals surface area contributed by atoms with Crippen molar-refractivity contribution in [3.63, 3.8) is 0 Å². The van der Waals surface area contributed by atoms with Gasteiger partial charge in [0, 0.05) is 19.3 Å². The number of hydrogen-bond acceptors (Lipinski definition) is 6. The monoisotopic (exact) mass is 933 g/mol. The maximum absolute atomic E-state index is 12.9. The topological polar surface area (TPSA) is 78.9 Å². The molecule has 6 nitrogen and oxygen atoms in total. The quantitative estimate of drug-likeness (QED) is 0.0343. The molecule has 0 rings (SSSR count). The second kappa shape index (κ2) is 52.8. The Kier molecular flexibility index (Phi) is 51.5. The lowest BCUT2D eigenvalue weighted by Gasteiger charge is -2.18. The predicted octanol–water partition coefficient (Wildman–Crippen LogP) is 19.7. The van der Waals surface area contributed by atoms with Crippen LogP contribution in [0.3, 0.4) is 0 Å². The molecule has 0 heterocycles. The van der Waals surface area contributed by atoms with Crippen LogP contribution in [0.4, 0.5) is 0 Å². The Morgan fingerprint density at radius 1 is 0.288 bits per heavy atom. The van der Waals surface area contributed by atoms with Gasteiger partial charge in [-0.05, 0) is 31.1 Å². The van der Waals surface area contributed by atoms with Gasteiger partial charge in [-0.3, -0.25) is 14.4 Å². The first-order valence-electron chi connectivity index (χ1n) is 29.7. The molecule has 0 bridgehead atoms. The average molecular weight is 934 g/mol. The fourth-order valence-corrected chi connectivity index (χ4v) is 9.23. The van der Waals surface area contributed by atoms with Crippen LogP contribution in [0.1, 0.15) is 336 Å². The van der Waals surface area contributed by atoms with Crippen molar-refractivity contribution in [2.24, 2.45) is 11.8 Å². The number of ether oxygens (including phenoxy) is 3. The van der Waals surface area contributed by atoms with Crippen molar-refractivity contribution in [3.8, 4) is 0 Å². The molecule has 0 fully saturated rings. The smallest absolute Gasteiger partial charge is 0.306 e. The zero-order valence-corrected chi connectivity index (χ0v) is 45.3. The van der Waals surface area contributed by atoms with Gasteiger partial charge < -0.3 is 14.2 Å². The van der Waals surface area contributed by atoms with Crippen molar-refractivity contribution in [2.75, 3.05) is 13.2 Å². The predicted molar refractivity (Wildman–Crippen MR) is 284 cm³/mol. The normalized spacial score (nSPS) is 12.0. The highest BCUT2D eigenvalue weighted by Gasteiger charge is 2.19. The first-order valence-corrected chi connectivity index (χ1v) is 29.7. The molecule has 1 atom stereocenters. The molecule has 0 unspecified atom stereocenters. The van der Waals surface area contributed by atoms with Gasteiger partial charge in [0.05, 0.1) is 0 Å². The number of unbranched alkanes of at least 4 members (excludes halogenated alkanes) is 39. The lowest BCUT2D eigenvalue weighted by Crippen LogP contribution is -2.30. The Labute approximate surface area is 412 Å². The maximum Gasteiger partial charge on any atom is 0.306 e. The van der Waals surface area contributed by atoms with Crippen molar-refractivity contribution >= 4 is 17.9 Å². The first-order chi connectivity index (χ1) is 32.2. The Morgan fingerprint density at radius 2 is 0.500 bits per heavy atom. The molecule has 0 saturated carbocycles. The van der Waals surface area contributed by atoms with E-state index in [0.29, 0.717) is 19.3 Å². The fourth-order valence-electron chi connectivity index (χ4n) is 9.23. The van der Waals surface area contributed by atoms with Gasteiger partial charge in [-0.1, -0.05) is 298 Å². The van der Waals surface area contributed by atoms with Gasteiger partial charge in [-0.25, -0.2) is 0 Å². The largest absolute Gasteiger partial charge is 0.462 e. The first kappa shape index (κ1) is 64.4. The minimum atomic E-state index is -0.763. The van der Waals surface area contributed by atoms with Gasteiger partial charge in [0.15, 0.2) is 6.10 Å². The van der Waals surface area contributed by atoms with Crippen molar-refractivity contribution in [2.45, 2.75) is 343 Å². The SMILES string of the molecule is CCCCCCCCCCCCCCCCCCCC(=O)OC[C@@H](COC(=O)CCCCCCCCCCCCC(C)C)OC(=O)CCCCCCCCCCCCCCCCCC(C)C. The second-order valence-electron chi connectivity index (χ2n) is 21.6. The molecule has 0 aliphatic rings. The van der Waals surface area contributed by atoms with Crippen LogP contribution in [0.15, 0.2) is 0 Å². The average Bonchev–Trinajstić information content (AvgIpc) is 3.29. The van der Waals surface area contributed by atoms with E-state index < -0.39 is 6.10 Å². The summed E-state index contributed by atoms with van der Waals surface area (Å²) in [6.45, 7) is 11.4. The molecule has 0 spiro atoms. The summed E-state index contributed by atoms with van der Waals surface area (Å²) in [4.78, 5) is 38.2. The van der Waals surface area contributed by atoms with E-state index in [1.165, 1.54) is 225 Å². The van der Waals surface area contributed by atoms with E-state index in [0.717, 1.165) is 69.6 Å². The van der Waals surface area contributed by atoms with Gasteiger partial charge in [0.1, 0.15) is 13.2 Å². The van der Waals surface area contributed by atoms with E-state index in [4.69, 9.17) is 14.2 Å². The van der Waals surface area contributed by atoms with Crippen LogP contribution in [0.5, 0.6) is 0 Å². The third-order valence-corrected chi connectivity index (χ3v) is 13.7. The van der Waals surface area contributed by atoms with E-state index in [2.05, 4.69) is 34.6 Å². The van der Waals surface area contributed by atoms with Crippen molar-refractivity contribution in [3.05, 3.63) is 0 Å². The summed E-state index contributed by atoms with van der Waals surface area (Å²) in [5.41, 5.74) is 0. The Hall–Kier alpha value is -1.59. The molecule has 0 aliphatic heterocycles. The van der Waals surface area contributed by atoms with Crippen LogP contribution in [0, 0.1) is 11.8 Å². The Morgan fingerprint density at radius 3 is 0.742 bits per heavy atom. The van der Waals surface area contributed by atoms with Crippen molar-refractivity contribution in [1.82, 2.24) is 0 Å². The van der Waals surface area contributed by atoms with Crippen LogP contribution in [-0.2, 0) is 28.6 Å². The molecule has 0 N–H and O–H groups in total. The fraction of sp³-hybridized carbons (Fsp3) is 0.950. The van der Waals surface area contributed by atoms with E-state index in [1.54, 1.807) is 0 Å². The lowest BCUT2D eigenvalue weighted by atomic mass is 10.0. The standard InChI is InChI=1S/C60H116O6/c1-6-7-8-9-10-11-12-13-14-15-18-21-24-30-35-40-45-50-58(61)64-53-57(54-65-59(62)51-46-41-36-31-27-26-29-34-39-44-49-56(4)5)66-60(63)52-47-42-37-32-25-22-19-16-17-20-23-28-33-38-43-48-55(2)3/h55-57H,6-54H2,1-5H3/t57-/m0/s1. The van der Waals surface area contributed by atoms with Crippen LogP contribution >= 0.6 is 0 Å².